The van der Waals surface area contributed by atoms with Gasteiger partial charge in [0.1, 0.15) is 6.54 Å². The van der Waals surface area contributed by atoms with Crippen LogP contribution >= 0.6 is 0 Å². The molecule has 0 saturated carbocycles. The first-order chi connectivity index (χ1) is 11.5. The number of imide groups is 1. The number of nitrogens with zero attached hydrogens (tertiary/aromatic N) is 2. The van der Waals surface area contributed by atoms with Crippen molar-refractivity contribution >= 4 is 17.8 Å². The smallest absolute Gasteiger partial charge is 0.326 e. The lowest BCUT2D eigenvalue weighted by Crippen LogP contribution is -2.34. The molecule has 0 aliphatic carbocycles. The Bertz CT molecular complexity index is 588. The van der Waals surface area contributed by atoms with E-state index < -0.39 is 0 Å². The fourth-order valence-electron chi connectivity index (χ4n) is 2.84. The quantitative estimate of drug-likeness (QED) is 0.741. The molecule has 6 heteroatoms. The fraction of sp³-hybridized carbons (Fsp3) is 0.500. The standard InChI is InChI=1S/C18H25N3O3/c1-3-14(15-8-5-4-6-9-15)12-19-16(22)10-7-11-21-17(23)13-20(2)18(21)24/h4-6,8-9,14H,3,7,10-13H2,1-2H3,(H,19,22). The van der Waals surface area contributed by atoms with Crippen molar-refractivity contribution in [2.75, 3.05) is 26.7 Å². The highest BCUT2D eigenvalue weighted by molar-refractivity contribution is 6.01. The van der Waals surface area contributed by atoms with Crippen molar-refractivity contribution in [1.29, 1.82) is 0 Å². The minimum Gasteiger partial charge on any atom is -0.355 e. The Hall–Kier alpha value is -2.37. The van der Waals surface area contributed by atoms with E-state index in [1.54, 1.807) is 7.05 Å². The lowest BCUT2D eigenvalue weighted by molar-refractivity contribution is -0.126. The number of carbonyl (C=O) groups is 3. The van der Waals surface area contributed by atoms with Gasteiger partial charge in [-0.25, -0.2) is 4.79 Å². The van der Waals surface area contributed by atoms with E-state index in [0.29, 0.717) is 31.8 Å². The van der Waals surface area contributed by atoms with E-state index in [4.69, 9.17) is 0 Å². The molecule has 0 bridgehead atoms. The molecule has 1 unspecified atom stereocenters. The van der Waals surface area contributed by atoms with Crippen LogP contribution in [0.4, 0.5) is 4.79 Å². The van der Waals surface area contributed by atoms with Crippen molar-refractivity contribution in [1.82, 2.24) is 15.1 Å². The number of benzene rings is 1. The average molecular weight is 331 g/mol. The Morgan fingerprint density at radius 3 is 2.54 bits per heavy atom. The number of urea groups is 1. The van der Waals surface area contributed by atoms with Crippen LogP contribution in [0.5, 0.6) is 0 Å². The number of amides is 4. The average Bonchev–Trinajstić information content (AvgIpc) is 2.82. The molecule has 1 aliphatic rings. The van der Waals surface area contributed by atoms with Crippen LogP contribution in [0.3, 0.4) is 0 Å². The first-order valence-electron chi connectivity index (χ1n) is 8.40. The minimum atomic E-state index is -0.282. The van der Waals surface area contributed by atoms with Gasteiger partial charge in [-0.15, -0.1) is 0 Å². The lowest BCUT2D eigenvalue weighted by Gasteiger charge is -2.17. The summed E-state index contributed by atoms with van der Waals surface area (Å²) in [5, 5.41) is 2.95. The number of carbonyl (C=O) groups excluding carboxylic acids is 3. The summed E-state index contributed by atoms with van der Waals surface area (Å²) >= 11 is 0. The topological polar surface area (TPSA) is 69.7 Å². The minimum absolute atomic E-state index is 0.0446. The Kier molecular flexibility index (Phi) is 6.35. The van der Waals surface area contributed by atoms with E-state index in [1.165, 1.54) is 15.4 Å². The second-order valence-electron chi connectivity index (χ2n) is 6.11. The highest BCUT2D eigenvalue weighted by atomic mass is 16.2. The van der Waals surface area contributed by atoms with Gasteiger partial charge in [0, 0.05) is 32.5 Å². The molecule has 1 heterocycles. The molecule has 0 aromatic heterocycles. The summed E-state index contributed by atoms with van der Waals surface area (Å²) < 4.78 is 0. The van der Waals surface area contributed by atoms with Gasteiger partial charge >= 0.3 is 6.03 Å². The first kappa shape index (κ1) is 18.0. The van der Waals surface area contributed by atoms with Crippen LogP contribution in [0.2, 0.25) is 0 Å². The van der Waals surface area contributed by atoms with Crippen LogP contribution in [0, 0.1) is 0 Å². The third kappa shape index (κ3) is 4.57. The fourth-order valence-corrected chi connectivity index (χ4v) is 2.84. The van der Waals surface area contributed by atoms with Crippen molar-refractivity contribution < 1.29 is 14.4 Å². The molecule has 0 radical (unpaired) electrons. The molecule has 1 aromatic rings. The zero-order valence-electron chi connectivity index (χ0n) is 14.3. The van der Waals surface area contributed by atoms with Gasteiger partial charge in [0.05, 0.1) is 0 Å². The maximum atomic E-state index is 12.0. The van der Waals surface area contributed by atoms with Gasteiger partial charge in [-0.05, 0) is 18.4 Å². The van der Waals surface area contributed by atoms with Crippen molar-refractivity contribution in [3.05, 3.63) is 35.9 Å². The highest BCUT2D eigenvalue weighted by Gasteiger charge is 2.32. The number of rotatable bonds is 8. The Balaban J connectivity index is 1.72. The summed E-state index contributed by atoms with van der Waals surface area (Å²) in [4.78, 5) is 38.0. The van der Waals surface area contributed by atoms with E-state index in [-0.39, 0.29) is 24.4 Å². The molecule has 6 nitrogen and oxygen atoms in total. The predicted octanol–water partition coefficient (Wildman–Crippen LogP) is 1.97. The zero-order chi connectivity index (χ0) is 17.5. The normalized spacial score (nSPS) is 15.8. The lowest BCUT2D eigenvalue weighted by atomic mass is 9.96. The van der Waals surface area contributed by atoms with E-state index >= 15 is 0 Å². The van der Waals surface area contributed by atoms with Gasteiger partial charge in [0.15, 0.2) is 0 Å². The van der Waals surface area contributed by atoms with Crippen molar-refractivity contribution in [2.24, 2.45) is 0 Å². The third-order valence-corrected chi connectivity index (χ3v) is 4.33. The van der Waals surface area contributed by atoms with Crippen LogP contribution in [-0.2, 0) is 9.59 Å². The molecule has 4 amide bonds. The molecule has 1 aliphatic heterocycles. The first-order valence-corrected chi connectivity index (χ1v) is 8.40. The summed E-state index contributed by atoms with van der Waals surface area (Å²) in [6.07, 6.45) is 1.75. The van der Waals surface area contributed by atoms with Gasteiger partial charge < -0.3 is 10.2 Å². The number of nitrogens with one attached hydrogen (secondary N) is 1. The van der Waals surface area contributed by atoms with Crippen molar-refractivity contribution in [3.63, 3.8) is 0 Å². The van der Waals surface area contributed by atoms with Crippen LogP contribution in [0.1, 0.15) is 37.7 Å². The van der Waals surface area contributed by atoms with E-state index in [0.717, 1.165) is 6.42 Å². The monoisotopic (exact) mass is 331 g/mol. The third-order valence-electron chi connectivity index (χ3n) is 4.33. The molecular formula is C18H25N3O3. The molecule has 1 atom stereocenters. The molecule has 1 aromatic carbocycles. The van der Waals surface area contributed by atoms with E-state index in [1.807, 2.05) is 18.2 Å². The molecule has 1 saturated heterocycles. The van der Waals surface area contributed by atoms with Crippen molar-refractivity contribution in [3.8, 4) is 0 Å². The molecule has 24 heavy (non-hydrogen) atoms. The maximum absolute atomic E-state index is 12.0. The number of likely N-dealkylation sites (N-methyl/N-ethyl adjacent to an activating group) is 1. The van der Waals surface area contributed by atoms with E-state index in [9.17, 15) is 14.4 Å². The summed E-state index contributed by atoms with van der Waals surface area (Å²) in [6, 6.07) is 9.84. The number of hydrogen-bond donors (Lipinski definition) is 1. The van der Waals surface area contributed by atoms with Gasteiger partial charge in [0.25, 0.3) is 0 Å². The predicted molar refractivity (Wildman–Crippen MR) is 91.5 cm³/mol. The van der Waals surface area contributed by atoms with Crippen molar-refractivity contribution in [2.45, 2.75) is 32.1 Å². The van der Waals surface area contributed by atoms with Gasteiger partial charge in [-0.2, -0.15) is 0 Å². The summed E-state index contributed by atoms with van der Waals surface area (Å²) in [6.45, 7) is 3.13. The largest absolute Gasteiger partial charge is 0.355 e. The van der Waals surface area contributed by atoms with Gasteiger partial charge in [-0.1, -0.05) is 37.3 Å². The number of hydrogen-bond acceptors (Lipinski definition) is 3. The molecule has 1 fully saturated rings. The molecule has 1 N–H and O–H groups in total. The summed E-state index contributed by atoms with van der Waals surface area (Å²) in [5.41, 5.74) is 1.22. The van der Waals surface area contributed by atoms with Crippen LogP contribution in [0.25, 0.3) is 0 Å². The Morgan fingerprint density at radius 1 is 1.25 bits per heavy atom. The Morgan fingerprint density at radius 2 is 1.96 bits per heavy atom. The SMILES string of the molecule is CCC(CNC(=O)CCCN1C(=O)CN(C)C1=O)c1ccccc1. The molecule has 130 valence electrons. The van der Waals surface area contributed by atoms with Gasteiger partial charge in [-0.3, -0.25) is 14.5 Å². The molecule has 2 rings (SSSR count). The molecule has 0 spiro atoms. The van der Waals surface area contributed by atoms with Crippen LogP contribution in [0.15, 0.2) is 30.3 Å². The van der Waals surface area contributed by atoms with Crippen LogP contribution < -0.4 is 5.32 Å². The summed E-state index contributed by atoms with van der Waals surface area (Å²) in [7, 11) is 1.60. The van der Waals surface area contributed by atoms with E-state index in [2.05, 4.69) is 24.4 Å². The molecular weight excluding hydrogens is 306 g/mol. The summed E-state index contributed by atoms with van der Waals surface area (Å²) in [5.74, 6) is 0.0559. The van der Waals surface area contributed by atoms with Gasteiger partial charge in [0.2, 0.25) is 11.8 Å². The zero-order valence-corrected chi connectivity index (χ0v) is 14.3. The van der Waals surface area contributed by atoms with Crippen LogP contribution in [-0.4, -0.2) is 54.3 Å². The maximum Gasteiger partial charge on any atom is 0.326 e. The highest BCUT2D eigenvalue weighted by Crippen LogP contribution is 2.18. The second-order valence-corrected chi connectivity index (χ2v) is 6.11. The second kappa shape index (κ2) is 8.47. The Labute approximate surface area is 142 Å².